The van der Waals surface area contributed by atoms with Gasteiger partial charge in [-0.3, -0.25) is 0 Å². The number of hydrogen-bond donors (Lipinski definition) is 0. The standard InChI is InChI=1S/C20H13Cl2N3/c21-16-9-8-13(11-17(16)22)10-15-5-3-7-19(24-15)20-23-12-14-4-1-2-6-18(14)25-20/h1-9,11-12H,10H2. The second-order valence-corrected chi connectivity index (χ2v) is 6.51. The second-order valence-electron chi connectivity index (χ2n) is 5.69. The molecule has 5 heteroatoms. The molecule has 2 aromatic heterocycles. The highest BCUT2D eigenvalue weighted by Crippen LogP contribution is 2.24. The zero-order valence-electron chi connectivity index (χ0n) is 13.2. The molecule has 0 aliphatic rings. The van der Waals surface area contributed by atoms with Crippen LogP contribution < -0.4 is 0 Å². The third-order valence-electron chi connectivity index (χ3n) is 3.89. The molecule has 0 unspecified atom stereocenters. The Hall–Kier alpha value is -2.49. The number of para-hydroxylation sites is 1. The SMILES string of the molecule is Clc1ccc(Cc2cccc(-c3ncc4ccccc4n3)n2)cc1Cl. The minimum Gasteiger partial charge on any atom is -0.249 e. The zero-order chi connectivity index (χ0) is 17.2. The number of nitrogens with zero attached hydrogens (tertiary/aromatic N) is 3. The molecular formula is C20H13Cl2N3. The van der Waals surface area contributed by atoms with E-state index in [-0.39, 0.29) is 0 Å². The van der Waals surface area contributed by atoms with Crippen LogP contribution in [0.5, 0.6) is 0 Å². The molecule has 25 heavy (non-hydrogen) atoms. The smallest absolute Gasteiger partial charge is 0.178 e. The maximum Gasteiger partial charge on any atom is 0.178 e. The van der Waals surface area contributed by atoms with Crippen molar-refractivity contribution in [3.8, 4) is 11.5 Å². The molecule has 0 bridgehead atoms. The number of rotatable bonds is 3. The molecule has 0 amide bonds. The van der Waals surface area contributed by atoms with E-state index in [0.29, 0.717) is 22.3 Å². The predicted molar refractivity (Wildman–Crippen MR) is 102 cm³/mol. The lowest BCUT2D eigenvalue weighted by Gasteiger charge is -2.06. The van der Waals surface area contributed by atoms with E-state index >= 15 is 0 Å². The lowest BCUT2D eigenvalue weighted by Crippen LogP contribution is -1.97. The summed E-state index contributed by atoms with van der Waals surface area (Å²) < 4.78 is 0. The summed E-state index contributed by atoms with van der Waals surface area (Å²) in [5.74, 6) is 0.620. The summed E-state index contributed by atoms with van der Waals surface area (Å²) in [6.45, 7) is 0. The number of halogens is 2. The number of fused-ring (bicyclic) bond motifs is 1. The molecule has 0 atom stereocenters. The molecule has 0 aliphatic heterocycles. The summed E-state index contributed by atoms with van der Waals surface area (Å²) in [6.07, 6.45) is 2.49. The van der Waals surface area contributed by atoms with Crippen LogP contribution in [-0.4, -0.2) is 15.0 Å². The van der Waals surface area contributed by atoms with E-state index in [1.165, 1.54) is 0 Å². The molecule has 2 aromatic carbocycles. The van der Waals surface area contributed by atoms with E-state index in [1.54, 1.807) is 6.07 Å². The first-order valence-electron chi connectivity index (χ1n) is 7.81. The van der Waals surface area contributed by atoms with Crippen LogP contribution in [0.15, 0.2) is 66.9 Å². The molecule has 0 saturated heterocycles. The van der Waals surface area contributed by atoms with Gasteiger partial charge in [-0.1, -0.05) is 53.5 Å². The molecule has 3 nitrogen and oxygen atoms in total. The van der Waals surface area contributed by atoms with E-state index in [2.05, 4.69) is 9.97 Å². The van der Waals surface area contributed by atoms with Gasteiger partial charge in [0.25, 0.3) is 0 Å². The highest BCUT2D eigenvalue weighted by Gasteiger charge is 2.07. The molecule has 0 aliphatic carbocycles. The summed E-state index contributed by atoms with van der Waals surface area (Å²) in [6, 6.07) is 19.4. The van der Waals surface area contributed by atoms with E-state index in [0.717, 1.165) is 27.9 Å². The lowest BCUT2D eigenvalue weighted by molar-refractivity contribution is 1.06. The van der Waals surface area contributed by atoms with Crippen LogP contribution in [0.3, 0.4) is 0 Å². The van der Waals surface area contributed by atoms with Crippen LogP contribution in [-0.2, 0) is 6.42 Å². The number of hydrogen-bond acceptors (Lipinski definition) is 3. The van der Waals surface area contributed by atoms with Gasteiger partial charge in [0.05, 0.1) is 15.6 Å². The molecule has 4 aromatic rings. The summed E-state index contributed by atoms with van der Waals surface area (Å²) in [4.78, 5) is 13.7. The van der Waals surface area contributed by atoms with Crippen molar-refractivity contribution in [1.29, 1.82) is 0 Å². The van der Waals surface area contributed by atoms with Crippen molar-refractivity contribution in [3.05, 3.63) is 88.2 Å². The van der Waals surface area contributed by atoms with E-state index < -0.39 is 0 Å². The number of pyridine rings is 1. The summed E-state index contributed by atoms with van der Waals surface area (Å²) in [5.41, 5.74) is 3.64. The fourth-order valence-electron chi connectivity index (χ4n) is 2.66. The quantitative estimate of drug-likeness (QED) is 0.474. The van der Waals surface area contributed by atoms with Crippen molar-refractivity contribution in [2.45, 2.75) is 6.42 Å². The molecule has 0 saturated carbocycles. The van der Waals surface area contributed by atoms with Gasteiger partial charge in [-0.25, -0.2) is 15.0 Å². The predicted octanol–water partition coefficient (Wildman–Crippen LogP) is 5.59. The highest BCUT2D eigenvalue weighted by molar-refractivity contribution is 6.42. The first-order valence-corrected chi connectivity index (χ1v) is 8.57. The summed E-state index contributed by atoms with van der Waals surface area (Å²) >= 11 is 12.1. The number of aromatic nitrogens is 3. The molecule has 122 valence electrons. The van der Waals surface area contributed by atoms with E-state index in [4.69, 9.17) is 28.2 Å². The average Bonchev–Trinajstić information content (AvgIpc) is 2.65. The monoisotopic (exact) mass is 365 g/mol. The minimum absolute atomic E-state index is 0.549. The van der Waals surface area contributed by atoms with Crippen molar-refractivity contribution < 1.29 is 0 Å². The Bertz CT molecular complexity index is 1060. The maximum atomic E-state index is 6.09. The fourth-order valence-corrected chi connectivity index (χ4v) is 2.98. The van der Waals surface area contributed by atoms with Gasteiger partial charge in [-0.2, -0.15) is 0 Å². The topological polar surface area (TPSA) is 38.7 Å². The second kappa shape index (κ2) is 6.79. The van der Waals surface area contributed by atoms with Crippen LogP contribution in [0.25, 0.3) is 22.4 Å². The van der Waals surface area contributed by atoms with Crippen molar-refractivity contribution >= 4 is 34.1 Å². The Labute approximate surface area is 155 Å². The van der Waals surface area contributed by atoms with Crippen LogP contribution in [0.1, 0.15) is 11.3 Å². The Morgan fingerprint density at radius 1 is 0.800 bits per heavy atom. The zero-order valence-corrected chi connectivity index (χ0v) is 14.7. The lowest BCUT2D eigenvalue weighted by atomic mass is 10.1. The van der Waals surface area contributed by atoms with Crippen molar-refractivity contribution in [3.63, 3.8) is 0 Å². The molecule has 0 radical (unpaired) electrons. The Kier molecular flexibility index (Phi) is 4.35. The van der Waals surface area contributed by atoms with Gasteiger partial charge >= 0.3 is 0 Å². The molecule has 2 heterocycles. The molecule has 0 spiro atoms. The molecular weight excluding hydrogens is 353 g/mol. The highest BCUT2D eigenvalue weighted by atomic mass is 35.5. The van der Waals surface area contributed by atoms with E-state index in [9.17, 15) is 0 Å². The first-order chi connectivity index (χ1) is 12.2. The van der Waals surface area contributed by atoms with Crippen molar-refractivity contribution in [2.24, 2.45) is 0 Å². The Morgan fingerprint density at radius 3 is 2.56 bits per heavy atom. The normalized spacial score (nSPS) is 11.0. The summed E-state index contributed by atoms with van der Waals surface area (Å²) in [5, 5.41) is 2.11. The molecule has 4 rings (SSSR count). The Balaban J connectivity index is 1.67. The minimum atomic E-state index is 0.549. The van der Waals surface area contributed by atoms with Crippen LogP contribution in [0, 0.1) is 0 Å². The van der Waals surface area contributed by atoms with Gasteiger partial charge < -0.3 is 0 Å². The van der Waals surface area contributed by atoms with Gasteiger partial charge in [0.2, 0.25) is 0 Å². The van der Waals surface area contributed by atoms with E-state index in [1.807, 2.05) is 60.8 Å². The van der Waals surface area contributed by atoms with Crippen LogP contribution in [0.2, 0.25) is 10.0 Å². The first kappa shape index (κ1) is 16.0. The number of benzene rings is 2. The van der Waals surface area contributed by atoms with Gasteiger partial charge in [-0.15, -0.1) is 0 Å². The third-order valence-corrected chi connectivity index (χ3v) is 4.63. The summed E-state index contributed by atoms with van der Waals surface area (Å²) in [7, 11) is 0. The van der Waals surface area contributed by atoms with Crippen LogP contribution in [0.4, 0.5) is 0 Å². The third kappa shape index (κ3) is 3.48. The fraction of sp³-hybridized carbons (Fsp3) is 0.0500. The van der Waals surface area contributed by atoms with Crippen molar-refractivity contribution in [2.75, 3.05) is 0 Å². The van der Waals surface area contributed by atoms with Gasteiger partial charge in [0, 0.05) is 23.7 Å². The molecule has 0 N–H and O–H groups in total. The van der Waals surface area contributed by atoms with Gasteiger partial charge in [-0.05, 0) is 35.9 Å². The van der Waals surface area contributed by atoms with Crippen molar-refractivity contribution in [1.82, 2.24) is 15.0 Å². The maximum absolute atomic E-state index is 6.09. The molecule has 0 fully saturated rings. The largest absolute Gasteiger partial charge is 0.249 e. The van der Waals surface area contributed by atoms with Gasteiger partial charge in [0.15, 0.2) is 5.82 Å². The van der Waals surface area contributed by atoms with Gasteiger partial charge in [0.1, 0.15) is 5.69 Å². The Morgan fingerprint density at radius 2 is 1.68 bits per heavy atom. The average molecular weight is 366 g/mol. The van der Waals surface area contributed by atoms with Crippen LogP contribution >= 0.6 is 23.2 Å².